The average molecular weight is 449 g/mol. The van der Waals surface area contributed by atoms with Crippen LogP contribution in [-0.4, -0.2) is 43.4 Å². The van der Waals surface area contributed by atoms with Crippen LogP contribution in [0.3, 0.4) is 0 Å². The molecule has 3 rings (SSSR count). The van der Waals surface area contributed by atoms with Crippen LogP contribution >= 0.6 is 24.8 Å². The number of fused-ring (bicyclic) bond motifs is 1. The minimum absolute atomic E-state index is 0. The second-order valence-electron chi connectivity index (χ2n) is 6.88. The standard InChI is InChI=1S/C20H25FN2O4.2ClH/c1-26-13-4-5-17-14(9-13)19(16(21)11-23-17)18(24)6-3-12-7-8-22-10-15(12)20(25)27-2;;/h4-5,9,11-12,15,18,22,24H,3,6-8,10H2,1-2H3;2*1H. The number of hydrogen-bond donors (Lipinski definition) is 2. The molecule has 0 radical (unpaired) electrons. The Hall–Kier alpha value is -1.67. The Morgan fingerprint density at radius 3 is 2.83 bits per heavy atom. The fourth-order valence-corrected chi connectivity index (χ4v) is 3.84. The summed E-state index contributed by atoms with van der Waals surface area (Å²) < 4.78 is 24.6. The highest BCUT2D eigenvalue weighted by Crippen LogP contribution is 2.34. The highest BCUT2D eigenvalue weighted by Gasteiger charge is 2.32. The molecule has 0 spiro atoms. The van der Waals surface area contributed by atoms with Gasteiger partial charge in [0, 0.05) is 17.5 Å². The molecular weight excluding hydrogens is 422 g/mol. The Bertz CT molecular complexity index is 824. The number of aliphatic hydroxyl groups is 1. The molecule has 0 aliphatic carbocycles. The monoisotopic (exact) mass is 448 g/mol. The number of pyridine rings is 1. The third kappa shape index (κ3) is 5.69. The van der Waals surface area contributed by atoms with E-state index in [-0.39, 0.29) is 48.2 Å². The fraction of sp³-hybridized carbons (Fsp3) is 0.500. The third-order valence-corrected chi connectivity index (χ3v) is 5.34. The van der Waals surface area contributed by atoms with Gasteiger partial charge in [-0.05, 0) is 49.9 Å². The number of rotatable bonds is 6. The Balaban J connectivity index is 0.00000210. The predicted molar refractivity (Wildman–Crippen MR) is 113 cm³/mol. The summed E-state index contributed by atoms with van der Waals surface area (Å²) >= 11 is 0. The van der Waals surface area contributed by atoms with Crippen LogP contribution < -0.4 is 10.1 Å². The molecule has 6 nitrogen and oxygen atoms in total. The molecule has 1 aliphatic heterocycles. The summed E-state index contributed by atoms with van der Waals surface area (Å²) in [6, 6.07) is 5.18. The number of piperidine rings is 1. The maximum Gasteiger partial charge on any atom is 0.310 e. The molecule has 1 fully saturated rings. The van der Waals surface area contributed by atoms with Crippen molar-refractivity contribution in [1.29, 1.82) is 0 Å². The lowest BCUT2D eigenvalue weighted by Gasteiger charge is -2.30. The van der Waals surface area contributed by atoms with E-state index in [0.29, 0.717) is 36.0 Å². The lowest BCUT2D eigenvalue weighted by molar-refractivity contribution is -0.148. The topological polar surface area (TPSA) is 80.7 Å². The molecular formula is C20H27Cl2FN2O4. The maximum atomic E-state index is 14.5. The fourth-order valence-electron chi connectivity index (χ4n) is 3.84. The van der Waals surface area contributed by atoms with E-state index in [1.807, 2.05) is 0 Å². The van der Waals surface area contributed by atoms with Gasteiger partial charge in [-0.2, -0.15) is 0 Å². The quantitative estimate of drug-likeness (QED) is 0.658. The number of aromatic nitrogens is 1. The molecule has 1 aromatic carbocycles. The molecule has 9 heteroatoms. The van der Waals surface area contributed by atoms with E-state index in [4.69, 9.17) is 9.47 Å². The highest BCUT2D eigenvalue weighted by atomic mass is 35.5. The second kappa shape index (κ2) is 11.5. The van der Waals surface area contributed by atoms with Crippen LogP contribution in [0.15, 0.2) is 24.4 Å². The summed E-state index contributed by atoms with van der Waals surface area (Å²) in [6.07, 6.45) is 1.92. The molecule has 0 amide bonds. The zero-order valence-electron chi connectivity index (χ0n) is 16.4. The molecule has 29 heavy (non-hydrogen) atoms. The van der Waals surface area contributed by atoms with E-state index >= 15 is 0 Å². The van der Waals surface area contributed by atoms with Gasteiger partial charge in [0.05, 0.1) is 38.0 Å². The smallest absolute Gasteiger partial charge is 0.310 e. The lowest BCUT2D eigenvalue weighted by atomic mass is 9.82. The minimum Gasteiger partial charge on any atom is -0.497 e. The van der Waals surface area contributed by atoms with Gasteiger partial charge in [-0.15, -0.1) is 24.8 Å². The van der Waals surface area contributed by atoms with E-state index in [1.54, 1.807) is 18.2 Å². The van der Waals surface area contributed by atoms with Gasteiger partial charge < -0.3 is 19.9 Å². The molecule has 1 aliphatic rings. The molecule has 2 N–H and O–H groups in total. The number of hydrogen-bond acceptors (Lipinski definition) is 6. The van der Waals surface area contributed by atoms with Crippen LogP contribution in [0.5, 0.6) is 5.75 Å². The van der Waals surface area contributed by atoms with Gasteiger partial charge in [0.25, 0.3) is 0 Å². The van der Waals surface area contributed by atoms with Gasteiger partial charge in [-0.1, -0.05) is 0 Å². The molecule has 3 unspecified atom stereocenters. The molecule has 0 bridgehead atoms. The molecule has 2 aromatic rings. The second-order valence-corrected chi connectivity index (χ2v) is 6.88. The van der Waals surface area contributed by atoms with E-state index in [0.717, 1.165) is 19.2 Å². The van der Waals surface area contributed by atoms with Crippen molar-refractivity contribution in [2.45, 2.75) is 25.4 Å². The van der Waals surface area contributed by atoms with Gasteiger partial charge in [0.2, 0.25) is 0 Å². The normalized spacial score (nSPS) is 19.6. The average Bonchev–Trinajstić information content (AvgIpc) is 2.71. The summed E-state index contributed by atoms with van der Waals surface area (Å²) in [5.74, 6) is -0.355. The Morgan fingerprint density at radius 2 is 2.14 bits per heavy atom. The van der Waals surface area contributed by atoms with Gasteiger partial charge in [0.15, 0.2) is 0 Å². The first-order valence-electron chi connectivity index (χ1n) is 9.14. The number of halogens is 3. The first kappa shape index (κ1) is 25.4. The first-order valence-corrected chi connectivity index (χ1v) is 9.14. The van der Waals surface area contributed by atoms with Gasteiger partial charge in [-0.3, -0.25) is 9.78 Å². The summed E-state index contributed by atoms with van der Waals surface area (Å²) in [4.78, 5) is 16.1. The minimum atomic E-state index is -0.990. The molecule has 3 atom stereocenters. The van der Waals surface area contributed by atoms with E-state index in [9.17, 15) is 14.3 Å². The van der Waals surface area contributed by atoms with E-state index in [2.05, 4.69) is 10.3 Å². The van der Waals surface area contributed by atoms with Crippen molar-refractivity contribution >= 4 is 41.7 Å². The highest BCUT2D eigenvalue weighted by molar-refractivity contribution is 5.86. The first-order chi connectivity index (χ1) is 13.0. The zero-order chi connectivity index (χ0) is 19.4. The van der Waals surface area contributed by atoms with Crippen molar-refractivity contribution in [3.63, 3.8) is 0 Å². The number of methoxy groups -OCH3 is 2. The molecule has 1 aromatic heterocycles. The number of benzene rings is 1. The van der Waals surface area contributed by atoms with Crippen LogP contribution in [0.2, 0.25) is 0 Å². The van der Waals surface area contributed by atoms with Crippen LogP contribution in [-0.2, 0) is 9.53 Å². The van der Waals surface area contributed by atoms with Crippen molar-refractivity contribution in [2.75, 3.05) is 27.3 Å². The van der Waals surface area contributed by atoms with Gasteiger partial charge in [-0.25, -0.2) is 4.39 Å². The maximum absolute atomic E-state index is 14.5. The van der Waals surface area contributed by atoms with Crippen molar-refractivity contribution in [2.24, 2.45) is 11.8 Å². The molecule has 2 heterocycles. The number of carbonyl (C=O) groups excluding carboxylic acids is 1. The molecule has 1 saturated heterocycles. The Kier molecular flexibility index (Phi) is 10.1. The summed E-state index contributed by atoms with van der Waals surface area (Å²) in [5.41, 5.74) is 0.822. The van der Waals surface area contributed by atoms with Crippen LogP contribution in [0.4, 0.5) is 4.39 Å². The van der Waals surface area contributed by atoms with E-state index < -0.39 is 11.9 Å². The third-order valence-electron chi connectivity index (χ3n) is 5.34. The van der Waals surface area contributed by atoms with Gasteiger partial charge in [0.1, 0.15) is 11.6 Å². The van der Waals surface area contributed by atoms with Crippen molar-refractivity contribution < 1.29 is 23.8 Å². The zero-order valence-corrected chi connectivity index (χ0v) is 18.0. The van der Waals surface area contributed by atoms with Crippen molar-refractivity contribution in [1.82, 2.24) is 10.3 Å². The van der Waals surface area contributed by atoms with Crippen LogP contribution in [0, 0.1) is 17.7 Å². The number of nitrogens with zero attached hydrogens (tertiary/aromatic N) is 1. The van der Waals surface area contributed by atoms with Crippen molar-refractivity contribution in [3.05, 3.63) is 35.8 Å². The molecule has 162 valence electrons. The lowest BCUT2D eigenvalue weighted by Crippen LogP contribution is -2.41. The summed E-state index contributed by atoms with van der Waals surface area (Å²) in [5, 5.41) is 14.5. The number of esters is 1. The van der Waals surface area contributed by atoms with E-state index in [1.165, 1.54) is 14.2 Å². The summed E-state index contributed by atoms with van der Waals surface area (Å²) in [7, 11) is 2.92. The Labute approximate surface area is 182 Å². The van der Waals surface area contributed by atoms with Crippen molar-refractivity contribution in [3.8, 4) is 5.75 Å². The number of carbonyl (C=O) groups is 1. The predicted octanol–water partition coefficient (Wildman–Crippen LogP) is 3.44. The van der Waals surface area contributed by atoms with Crippen LogP contribution in [0.1, 0.15) is 30.9 Å². The molecule has 0 saturated carbocycles. The van der Waals surface area contributed by atoms with Gasteiger partial charge >= 0.3 is 5.97 Å². The number of nitrogens with one attached hydrogen (secondary N) is 1. The van der Waals surface area contributed by atoms with Crippen LogP contribution in [0.25, 0.3) is 10.9 Å². The Morgan fingerprint density at radius 1 is 1.38 bits per heavy atom. The number of ether oxygens (including phenoxy) is 2. The SMILES string of the molecule is COC(=O)C1CNCCC1CCC(O)c1c(F)cnc2ccc(OC)cc12.Cl.Cl. The largest absolute Gasteiger partial charge is 0.497 e. The summed E-state index contributed by atoms with van der Waals surface area (Å²) in [6.45, 7) is 1.38. The number of aliphatic hydroxyl groups excluding tert-OH is 1.